The van der Waals surface area contributed by atoms with Crippen molar-refractivity contribution >= 4 is 0 Å². The third-order valence-corrected chi connectivity index (χ3v) is 4.19. The van der Waals surface area contributed by atoms with Crippen molar-refractivity contribution in [2.24, 2.45) is 0 Å². The maximum absolute atomic E-state index is 11.9. The lowest BCUT2D eigenvalue weighted by Gasteiger charge is -2.24. The van der Waals surface area contributed by atoms with Crippen LogP contribution in [0.3, 0.4) is 0 Å². The van der Waals surface area contributed by atoms with Crippen molar-refractivity contribution in [1.29, 1.82) is 0 Å². The van der Waals surface area contributed by atoms with Crippen molar-refractivity contribution in [1.82, 2.24) is 9.88 Å². The Morgan fingerprint density at radius 2 is 1.95 bits per heavy atom. The maximum atomic E-state index is 11.9. The van der Waals surface area contributed by atoms with Gasteiger partial charge in [-0.1, -0.05) is 18.2 Å². The molecule has 0 aliphatic carbocycles. The lowest BCUT2D eigenvalue weighted by Crippen LogP contribution is -2.23. The van der Waals surface area contributed by atoms with Gasteiger partial charge >= 0.3 is 0 Å². The molecule has 104 valence electrons. The molecule has 1 fully saturated rings. The van der Waals surface area contributed by atoms with Crippen molar-refractivity contribution in [3.05, 3.63) is 58.5 Å². The molecule has 1 saturated heterocycles. The highest BCUT2D eigenvalue weighted by molar-refractivity contribution is 5.63. The molecule has 2 heterocycles. The Labute approximate surface area is 119 Å². The molecule has 3 heteroatoms. The summed E-state index contributed by atoms with van der Waals surface area (Å²) >= 11 is 0. The van der Waals surface area contributed by atoms with Crippen molar-refractivity contribution in [3.63, 3.8) is 0 Å². The van der Waals surface area contributed by atoms with Crippen LogP contribution in [0, 0.1) is 0 Å². The van der Waals surface area contributed by atoms with Gasteiger partial charge in [0.15, 0.2) is 0 Å². The zero-order valence-corrected chi connectivity index (χ0v) is 11.8. The van der Waals surface area contributed by atoms with Gasteiger partial charge in [0.25, 0.3) is 5.56 Å². The van der Waals surface area contributed by atoms with Crippen molar-refractivity contribution in [2.75, 3.05) is 13.1 Å². The van der Waals surface area contributed by atoms with Crippen LogP contribution in [0.25, 0.3) is 11.1 Å². The first kappa shape index (κ1) is 13.1. The molecule has 0 bridgehead atoms. The number of nitrogens with zero attached hydrogens (tertiary/aromatic N) is 1. The third-order valence-electron chi connectivity index (χ3n) is 4.19. The van der Waals surface area contributed by atoms with E-state index < -0.39 is 0 Å². The minimum atomic E-state index is -0.0292. The highest BCUT2D eigenvalue weighted by atomic mass is 16.1. The molecular weight excluding hydrogens is 248 g/mol. The van der Waals surface area contributed by atoms with Crippen molar-refractivity contribution < 1.29 is 0 Å². The first-order chi connectivity index (χ1) is 9.75. The number of aromatic amines is 1. The number of hydrogen-bond donors (Lipinski definition) is 1. The second-order valence-corrected chi connectivity index (χ2v) is 5.46. The predicted molar refractivity (Wildman–Crippen MR) is 81.7 cm³/mol. The summed E-state index contributed by atoms with van der Waals surface area (Å²) < 4.78 is 0. The number of rotatable bonds is 3. The molecule has 1 aliphatic heterocycles. The van der Waals surface area contributed by atoms with Gasteiger partial charge in [0.05, 0.1) is 0 Å². The Balaban J connectivity index is 1.93. The number of H-pyrrole nitrogens is 1. The lowest BCUT2D eigenvalue weighted by atomic mass is 10.0. The highest BCUT2D eigenvalue weighted by Crippen LogP contribution is 2.27. The Bertz CT molecular complexity index is 641. The molecule has 3 nitrogen and oxygen atoms in total. The summed E-state index contributed by atoms with van der Waals surface area (Å²) in [4.78, 5) is 17.1. The smallest absolute Gasteiger partial charge is 0.255 e. The molecular formula is C17H20N2O. The molecule has 1 aromatic heterocycles. The number of hydrogen-bond acceptors (Lipinski definition) is 2. The Morgan fingerprint density at radius 3 is 2.70 bits per heavy atom. The Hall–Kier alpha value is -1.87. The second-order valence-electron chi connectivity index (χ2n) is 5.46. The minimum absolute atomic E-state index is 0.0292. The van der Waals surface area contributed by atoms with Gasteiger partial charge in [-0.05, 0) is 62.2 Å². The van der Waals surface area contributed by atoms with Gasteiger partial charge in [0.1, 0.15) is 0 Å². The number of likely N-dealkylation sites (tertiary alicyclic amines) is 1. The lowest BCUT2D eigenvalue weighted by molar-refractivity contribution is 0.263. The van der Waals surface area contributed by atoms with E-state index >= 15 is 0 Å². The van der Waals surface area contributed by atoms with E-state index in [1.807, 2.05) is 24.3 Å². The summed E-state index contributed by atoms with van der Waals surface area (Å²) in [6.45, 7) is 4.61. The maximum Gasteiger partial charge on any atom is 0.255 e. The van der Waals surface area contributed by atoms with Gasteiger partial charge in [-0.2, -0.15) is 0 Å². The first-order valence-electron chi connectivity index (χ1n) is 7.28. The summed E-state index contributed by atoms with van der Waals surface area (Å²) in [6.07, 6.45) is 4.26. The third kappa shape index (κ3) is 2.54. The molecule has 20 heavy (non-hydrogen) atoms. The standard InChI is InChI=1S/C17H20N2O/c1-13(19-10-2-3-11-19)14-6-4-7-15(12-14)16-8-5-9-18-17(16)20/h4-9,12-13H,2-3,10-11H2,1H3,(H,18,20). The molecule has 0 radical (unpaired) electrons. The van der Waals surface area contributed by atoms with Crippen LogP contribution < -0.4 is 5.56 Å². The molecule has 0 saturated carbocycles. The monoisotopic (exact) mass is 268 g/mol. The average Bonchev–Trinajstić information content (AvgIpc) is 3.01. The van der Waals surface area contributed by atoms with E-state index in [1.54, 1.807) is 6.20 Å². The van der Waals surface area contributed by atoms with Crippen molar-refractivity contribution in [2.45, 2.75) is 25.8 Å². The fraction of sp³-hybridized carbons (Fsp3) is 0.353. The SMILES string of the molecule is CC(c1cccc(-c2ccc[nH]c2=O)c1)N1CCCC1. The van der Waals surface area contributed by atoms with E-state index in [2.05, 4.69) is 28.9 Å². The Kier molecular flexibility index (Phi) is 3.70. The first-order valence-corrected chi connectivity index (χ1v) is 7.28. The molecule has 0 spiro atoms. The van der Waals surface area contributed by atoms with Crippen LogP contribution in [-0.2, 0) is 0 Å². The summed E-state index contributed by atoms with van der Waals surface area (Å²) in [7, 11) is 0. The normalized spacial score (nSPS) is 17.2. The molecule has 3 rings (SSSR count). The zero-order chi connectivity index (χ0) is 13.9. The van der Waals surface area contributed by atoms with Crippen LogP contribution in [0.4, 0.5) is 0 Å². The van der Waals surface area contributed by atoms with E-state index in [-0.39, 0.29) is 5.56 Å². The number of benzene rings is 1. The van der Waals surface area contributed by atoms with Gasteiger partial charge in [-0.3, -0.25) is 9.69 Å². The highest BCUT2D eigenvalue weighted by Gasteiger charge is 2.19. The summed E-state index contributed by atoms with van der Waals surface area (Å²) in [6, 6.07) is 12.5. The van der Waals surface area contributed by atoms with Crippen LogP contribution >= 0.6 is 0 Å². The average molecular weight is 268 g/mol. The number of nitrogens with one attached hydrogen (secondary N) is 1. The van der Waals surface area contributed by atoms with Gasteiger partial charge < -0.3 is 4.98 Å². The Morgan fingerprint density at radius 1 is 1.15 bits per heavy atom. The van der Waals surface area contributed by atoms with Crippen LogP contribution in [-0.4, -0.2) is 23.0 Å². The quantitative estimate of drug-likeness (QED) is 0.928. The van der Waals surface area contributed by atoms with E-state index in [0.29, 0.717) is 6.04 Å². The number of aromatic nitrogens is 1. The van der Waals surface area contributed by atoms with Gasteiger partial charge in [-0.25, -0.2) is 0 Å². The second kappa shape index (κ2) is 5.63. The van der Waals surface area contributed by atoms with Crippen LogP contribution in [0.5, 0.6) is 0 Å². The van der Waals surface area contributed by atoms with E-state index in [4.69, 9.17) is 0 Å². The predicted octanol–water partition coefficient (Wildman–Crippen LogP) is 3.20. The van der Waals surface area contributed by atoms with Gasteiger partial charge in [0, 0.05) is 17.8 Å². The summed E-state index contributed by atoms with van der Waals surface area (Å²) in [5.41, 5.74) is 2.99. The summed E-state index contributed by atoms with van der Waals surface area (Å²) in [5, 5.41) is 0. The minimum Gasteiger partial charge on any atom is -0.329 e. The molecule has 1 atom stereocenters. The molecule has 2 aromatic rings. The van der Waals surface area contributed by atoms with Gasteiger partial charge in [0.2, 0.25) is 0 Å². The molecule has 1 aliphatic rings. The fourth-order valence-electron chi connectivity index (χ4n) is 2.95. The number of pyridine rings is 1. The summed E-state index contributed by atoms with van der Waals surface area (Å²) in [5.74, 6) is 0. The van der Waals surface area contributed by atoms with E-state index in [0.717, 1.165) is 11.1 Å². The molecule has 1 N–H and O–H groups in total. The zero-order valence-electron chi connectivity index (χ0n) is 11.8. The molecule has 0 amide bonds. The van der Waals surface area contributed by atoms with Crippen molar-refractivity contribution in [3.8, 4) is 11.1 Å². The topological polar surface area (TPSA) is 36.1 Å². The van der Waals surface area contributed by atoms with Crippen LogP contribution in [0.15, 0.2) is 47.4 Å². The van der Waals surface area contributed by atoms with Gasteiger partial charge in [-0.15, -0.1) is 0 Å². The van der Waals surface area contributed by atoms with E-state index in [1.165, 1.54) is 31.5 Å². The largest absolute Gasteiger partial charge is 0.329 e. The van der Waals surface area contributed by atoms with Crippen LogP contribution in [0.2, 0.25) is 0 Å². The molecule has 1 aromatic carbocycles. The fourth-order valence-corrected chi connectivity index (χ4v) is 2.95. The van der Waals surface area contributed by atoms with E-state index in [9.17, 15) is 4.79 Å². The molecule has 1 unspecified atom stereocenters. The van der Waals surface area contributed by atoms with Crippen LogP contribution in [0.1, 0.15) is 31.4 Å².